The standard InChI is InChI=1S/C19H20F2N2O3/c1-22-7-4-15(11-18(22)24)14-5-8-23(9-6-14)12-13-2-3-16-17(10-13)26-19(20,21)25-16/h2-4,7,10-11,14H,5-6,8-9,12H2,1H3. The first-order valence-electron chi connectivity index (χ1n) is 8.67. The molecule has 0 unspecified atom stereocenters. The van der Waals surface area contributed by atoms with E-state index in [1.165, 1.54) is 6.07 Å². The van der Waals surface area contributed by atoms with Crippen molar-refractivity contribution in [2.45, 2.75) is 31.6 Å². The van der Waals surface area contributed by atoms with Crippen LogP contribution in [0.4, 0.5) is 8.78 Å². The number of hydrogen-bond acceptors (Lipinski definition) is 4. The number of aryl methyl sites for hydroxylation is 1. The third-order valence-electron chi connectivity index (χ3n) is 5.06. The Labute approximate surface area is 149 Å². The minimum atomic E-state index is -3.58. The van der Waals surface area contributed by atoms with E-state index in [-0.39, 0.29) is 17.1 Å². The van der Waals surface area contributed by atoms with E-state index in [1.54, 1.807) is 29.8 Å². The first-order chi connectivity index (χ1) is 12.4. The van der Waals surface area contributed by atoms with Crippen molar-refractivity contribution in [3.63, 3.8) is 0 Å². The number of fused-ring (bicyclic) bond motifs is 1. The Bertz CT molecular complexity index is 873. The number of nitrogens with zero attached hydrogens (tertiary/aromatic N) is 2. The molecule has 0 bridgehead atoms. The largest absolute Gasteiger partial charge is 0.586 e. The minimum Gasteiger partial charge on any atom is -0.395 e. The van der Waals surface area contributed by atoms with Crippen LogP contribution in [0.25, 0.3) is 0 Å². The molecule has 3 heterocycles. The van der Waals surface area contributed by atoms with Crippen LogP contribution >= 0.6 is 0 Å². The van der Waals surface area contributed by atoms with Gasteiger partial charge in [0.2, 0.25) is 0 Å². The van der Waals surface area contributed by atoms with E-state index in [1.807, 2.05) is 12.3 Å². The number of aromatic nitrogens is 1. The lowest BCUT2D eigenvalue weighted by Crippen LogP contribution is -2.32. The van der Waals surface area contributed by atoms with Gasteiger partial charge in [-0.1, -0.05) is 6.07 Å². The van der Waals surface area contributed by atoms with Crippen LogP contribution in [-0.4, -0.2) is 28.9 Å². The molecule has 1 saturated heterocycles. The van der Waals surface area contributed by atoms with Gasteiger partial charge in [-0.15, -0.1) is 8.78 Å². The Morgan fingerprint density at radius 3 is 2.58 bits per heavy atom. The van der Waals surface area contributed by atoms with Gasteiger partial charge < -0.3 is 14.0 Å². The van der Waals surface area contributed by atoms with Crippen LogP contribution in [0.1, 0.15) is 29.9 Å². The number of likely N-dealkylation sites (tertiary alicyclic amines) is 1. The van der Waals surface area contributed by atoms with Crippen LogP contribution in [0, 0.1) is 0 Å². The van der Waals surface area contributed by atoms with Crippen LogP contribution in [0.15, 0.2) is 41.3 Å². The van der Waals surface area contributed by atoms with Gasteiger partial charge in [-0.05, 0) is 61.2 Å². The molecule has 0 N–H and O–H groups in total. The van der Waals surface area contributed by atoms with Crippen molar-refractivity contribution in [1.29, 1.82) is 0 Å². The molecule has 2 aromatic rings. The van der Waals surface area contributed by atoms with Crippen LogP contribution in [0.5, 0.6) is 11.5 Å². The Morgan fingerprint density at radius 2 is 1.85 bits per heavy atom. The van der Waals surface area contributed by atoms with E-state index in [4.69, 9.17) is 0 Å². The van der Waals surface area contributed by atoms with Crippen molar-refractivity contribution in [2.75, 3.05) is 13.1 Å². The first-order valence-corrected chi connectivity index (χ1v) is 8.67. The number of pyridine rings is 1. The third-order valence-corrected chi connectivity index (χ3v) is 5.06. The van der Waals surface area contributed by atoms with Gasteiger partial charge in [0.05, 0.1) is 0 Å². The fourth-order valence-electron chi connectivity index (χ4n) is 3.59. The summed E-state index contributed by atoms with van der Waals surface area (Å²) < 4.78 is 36.7. The van der Waals surface area contributed by atoms with Gasteiger partial charge in [0.1, 0.15) is 0 Å². The summed E-state index contributed by atoms with van der Waals surface area (Å²) in [5, 5.41) is 0. The summed E-state index contributed by atoms with van der Waals surface area (Å²) in [6.07, 6.45) is 0.171. The fourth-order valence-corrected chi connectivity index (χ4v) is 3.59. The predicted octanol–water partition coefficient (Wildman–Crippen LogP) is 3.09. The Hall–Kier alpha value is -2.41. The maximum Gasteiger partial charge on any atom is 0.586 e. The van der Waals surface area contributed by atoms with Crippen LogP contribution in [-0.2, 0) is 13.6 Å². The van der Waals surface area contributed by atoms with Crippen LogP contribution in [0.2, 0.25) is 0 Å². The summed E-state index contributed by atoms with van der Waals surface area (Å²) in [6, 6.07) is 8.66. The SMILES string of the molecule is Cn1ccc(C2CCN(Cc3ccc4c(c3)OC(F)(F)O4)CC2)cc1=O. The highest BCUT2D eigenvalue weighted by Crippen LogP contribution is 2.41. The van der Waals surface area contributed by atoms with E-state index in [2.05, 4.69) is 14.4 Å². The van der Waals surface area contributed by atoms with Crippen molar-refractivity contribution in [3.05, 3.63) is 58.0 Å². The fraction of sp³-hybridized carbons (Fsp3) is 0.421. The highest BCUT2D eigenvalue weighted by Gasteiger charge is 2.43. The Morgan fingerprint density at radius 1 is 1.12 bits per heavy atom. The number of rotatable bonds is 3. The van der Waals surface area contributed by atoms with E-state index < -0.39 is 6.29 Å². The monoisotopic (exact) mass is 362 g/mol. The zero-order valence-electron chi connectivity index (χ0n) is 14.5. The lowest BCUT2D eigenvalue weighted by atomic mass is 9.90. The number of benzene rings is 1. The molecule has 1 aromatic heterocycles. The molecule has 0 amide bonds. The zero-order valence-corrected chi connectivity index (χ0v) is 14.5. The van der Waals surface area contributed by atoms with Gasteiger partial charge >= 0.3 is 6.29 Å². The molecule has 0 aliphatic carbocycles. The molecule has 2 aliphatic heterocycles. The molecule has 5 nitrogen and oxygen atoms in total. The molecule has 1 aromatic carbocycles. The minimum absolute atomic E-state index is 0.0158. The van der Waals surface area contributed by atoms with Crippen LogP contribution < -0.4 is 15.0 Å². The number of ether oxygens (including phenoxy) is 2. The molecular formula is C19H20F2N2O3. The number of hydrogen-bond donors (Lipinski definition) is 0. The number of piperidine rings is 1. The maximum absolute atomic E-state index is 13.1. The molecule has 7 heteroatoms. The molecule has 0 radical (unpaired) electrons. The van der Waals surface area contributed by atoms with E-state index >= 15 is 0 Å². The van der Waals surface area contributed by atoms with Crippen molar-refractivity contribution in [2.24, 2.45) is 7.05 Å². The van der Waals surface area contributed by atoms with Crippen molar-refractivity contribution < 1.29 is 18.3 Å². The first kappa shape index (κ1) is 17.0. The van der Waals surface area contributed by atoms with Crippen molar-refractivity contribution in [3.8, 4) is 11.5 Å². The molecule has 0 atom stereocenters. The second-order valence-electron chi connectivity index (χ2n) is 6.91. The summed E-state index contributed by atoms with van der Waals surface area (Å²) >= 11 is 0. The Balaban J connectivity index is 1.37. The lowest BCUT2D eigenvalue weighted by molar-refractivity contribution is -0.286. The molecule has 4 rings (SSSR count). The molecule has 0 saturated carbocycles. The highest BCUT2D eigenvalue weighted by atomic mass is 19.3. The van der Waals surface area contributed by atoms with Gasteiger partial charge in [0.25, 0.3) is 5.56 Å². The van der Waals surface area contributed by atoms with Gasteiger partial charge in [-0.3, -0.25) is 9.69 Å². The van der Waals surface area contributed by atoms with Gasteiger partial charge in [0, 0.05) is 25.9 Å². The summed E-state index contributed by atoms with van der Waals surface area (Å²) in [7, 11) is 1.75. The molecule has 138 valence electrons. The van der Waals surface area contributed by atoms with E-state index in [9.17, 15) is 13.6 Å². The molecule has 0 spiro atoms. The summed E-state index contributed by atoms with van der Waals surface area (Å²) in [5.41, 5.74) is 2.03. The normalized spacial score (nSPS) is 19.7. The van der Waals surface area contributed by atoms with E-state index in [0.717, 1.165) is 37.1 Å². The average molecular weight is 362 g/mol. The average Bonchev–Trinajstić information content (AvgIpc) is 2.91. The quantitative estimate of drug-likeness (QED) is 0.842. The lowest BCUT2D eigenvalue weighted by Gasteiger charge is -2.32. The topological polar surface area (TPSA) is 43.7 Å². The molecule has 1 fully saturated rings. The summed E-state index contributed by atoms with van der Waals surface area (Å²) in [6.45, 7) is 2.46. The van der Waals surface area contributed by atoms with E-state index in [0.29, 0.717) is 12.5 Å². The second kappa shape index (κ2) is 6.39. The second-order valence-corrected chi connectivity index (χ2v) is 6.91. The smallest absolute Gasteiger partial charge is 0.395 e. The summed E-state index contributed by atoms with van der Waals surface area (Å²) in [5.74, 6) is 0.543. The zero-order chi connectivity index (χ0) is 18.3. The third kappa shape index (κ3) is 3.44. The number of alkyl halides is 2. The van der Waals surface area contributed by atoms with Crippen LogP contribution in [0.3, 0.4) is 0 Å². The Kier molecular flexibility index (Phi) is 4.19. The highest BCUT2D eigenvalue weighted by molar-refractivity contribution is 5.45. The predicted molar refractivity (Wildman–Crippen MR) is 91.6 cm³/mol. The summed E-state index contributed by atoms with van der Waals surface area (Å²) in [4.78, 5) is 14.1. The van der Waals surface area contributed by atoms with Gasteiger partial charge in [-0.2, -0.15) is 0 Å². The molecule has 2 aliphatic rings. The van der Waals surface area contributed by atoms with Gasteiger partial charge in [0.15, 0.2) is 11.5 Å². The number of halogens is 2. The van der Waals surface area contributed by atoms with Crippen molar-refractivity contribution in [1.82, 2.24) is 9.47 Å². The molecule has 26 heavy (non-hydrogen) atoms. The van der Waals surface area contributed by atoms with Gasteiger partial charge in [-0.25, -0.2) is 0 Å². The maximum atomic E-state index is 13.1. The van der Waals surface area contributed by atoms with Crippen molar-refractivity contribution >= 4 is 0 Å². The molecular weight excluding hydrogens is 342 g/mol.